The van der Waals surface area contributed by atoms with Crippen molar-refractivity contribution in [2.45, 2.75) is 44.8 Å². The number of carbonyl (C=O) groups excluding carboxylic acids is 2. The lowest BCUT2D eigenvalue weighted by Gasteiger charge is -2.20. The Morgan fingerprint density at radius 3 is 2.52 bits per heavy atom. The van der Waals surface area contributed by atoms with Gasteiger partial charge < -0.3 is 5.32 Å². The van der Waals surface area contributed by atoms with Crippen LogP contribution in [0.2, 0.25) is 0 Å². The van der Waals surface area contributed by atoms with Crippen molar-refractivity contribution in [3.05, 3.63) is 34.9 Å². The first-order chi connectivity index (χ1) is 9.74. The minimum atomic E-state index is -4.94. The van der Waals surface area contributed by atoms with Crippen LogP contribution >= 0.6 is 0 Å². The van der Waals surface area contributed by atoms with Crippen LogP contribution in [0.1, 0.15) is 36.5 Å². The molecule has 0 fully saturated rings. The van der Waals surface area contributed by atoms with Crippen molar-refractivity contribution in [3.63, 3.8) is 0 Å². The number of nitrogens with one attached hydrogen (secondary N) is 1. The Hall–Kier alpha value is -1.85. The van der Waals surface area contributed by atoms with Crippen LogP contribution in [0.25, 0.3) is 0 Å². The van der Waals surface area contributed by atoms with Gasteiger partial charge in [-0.05, 0) is 36.5 Å². The molecule has 21 heavy (non-hydrogen) atoms. The summed E-state index contributed by atoms with van der Waals surface area (Å²) in [6, 6.07) is 4.73. The topological polar surface area (TPSA) is 46.2 Å². The Bertz CT molecular complexity index is 581. The Morgan fingerprint density at radius 2 is 2.00 bits per heavy atom. The molecule has 6 heteroatoms. The van der Waals surface area contributed by atoms with E-state index in [4.69, 9.17) is 0 Å². The summed E-state index contributed by atoms with van der Waals surface area (Å²) in [5.41, 5.74) is 2.57. The molecule has 0 radical (unpaired) electrons. The Labute approximate surface area is 120 Å². The average molecular weight is 299 g/mol. The molecule has 0 saturated carbocycles. The summed E-state index contributed by atoms with van der Waals surface area (Å²) >= 11 is 0. The molecule has 1 aliphatic carbocycles. The van der Waals surface area contributed by atoms with Crippen molar-refractivity contribution in [1.29, 1.82) is 0 Å². The number of amides is 1. The molecule has 2 atom stereocenters. The summed E-state index contributed by atoms with van der Waals surface area (Å²) in [7, 11) is 0. The van der Waals surface area contributed by atoms with E-state index >= 15 is 0 Å². The van der Waals surface area contributed by atoms with E-state index in [0.717, 1.165) is 23.1 Å². The lowest BCUT2D eigenvalue weighted by atomic mass is 9.93. The summed E-state index contributed by atoms with van der Waals surface area (Å²) in [4.78, 5) is 22.9. The minimum absolute atomic E-state index is 0.241. The fourth-order valence-corrected chi connectivity index (χ4v) is 2.80. The number of hydrogen-bond donors (Lipinski definition) is 1. The monoisotopic (exact) mass is 299 g/mol. The highest BCUT2D eigenvalue weighted by Gasteiger charge is 2.43. The molecule has 1 amide bonds. The summed E-state index contributed by atoms with van der Waals surface area (Å²) in [6.45, 7) is 3.30. The molecule has 2 unspecified atom stereocenters. The SMILES string of the molecule is CCc1ccc2c(c1)C(C(C)=O)C(NC(=O)C(F)(F)F)C2. The molecular formula is C15H16F3NO2. The van der Waals surface area contributed by atoms with E-state index in [-0.39, 0.29) is 12.2 Å². The van der Waals surface area contributed by atoms with Crippen LogP contribution in [0, 0.1) is 0 Å². The molecule has 0 saturated heterocycles. The van der Waals surface area contributed by atoms with Crippen molar-refractivity contribution in [1.82, 2.24) is 5.32 Å². The lowest BCUT2D eigenvalue weighted by molar-refractivity contribution is -0.174. The predicted octanol–water partition coefficient (Wildman–Crippen LogP) is 2.52. The van der Waals surface area contributed by atoms with Crippen molar-refractivity contribution >= 4 is 11.7 Å². The number of halogens is 3. The van der Waals surface area contributed by atoms with Crippen LogP contribution in [0.4, 0.5) is 13.2 Å². The number of Topliss-reactive ketones (excluding diaryl/α,β-unsaturated/α-hetero) is 1. The van der Waals surface area contributed by atoms with E-state index in [1.54, 1.807) is 0 Å². The van der Waals surface area contributed by atoms with E-state index in [2.05, 4.69) is 0 Å². The van der Waals surface area contributed by atoms with Gasteiger partial charge in [0.05, 0.1) is 5.92 Å². The van der Waals surface area contributed by atoms with Gasteiger partial charge in [0.25, 0.3) is 0 Å². The number of carbonyl (C=O) groups is 2. The zero-order chi connectivity index (χ0) is 15.8. The highest BCUT2D eigenvalue weighted by Crippen LogP contribution is 2.35. The molecule has 0 aliphatic heterocycles. The van der Waals surface area contributed by atoms with Crippen molar-refractivity contribution in [2.24, 2.45) is 0 Å². The molecule has 1 aromatic carbocycles. The minimum Gasteiger partial charge on any atom is -0.344 e. The van der Waals surface area contributed by atoms with Crippen molar-refractivity contribution in [2.75, 3.05) is 0 Å². The highest BCUT2D eigenvalue weighted by atomic mass is 19.4. The van der Waals surface area contributed by atoms with E-state index in [1.165, 1.54) is 6.92 Å². The maximum absolute atomic E-state index is 12.4. The Morgan fingerprint density at radius 1 is 1.33 bits per heavy atom. The molecule has 1 N–H and O–H groups in total. The van der Waals surface area contributed by atoms with Gasteiger partial charge in [0, 0.05) is 6.04 Å². The normalized spacial score (nSPS) is 21.0. The second-order valence-corrected chi connectivity index (χ2v) is 5.26. The average Bonchev–Trinajstić information content (AvgIpc) is 2.74. The van der Waals surface area contributed by atoms with E-state index in [0.29, 0.717) is 0 Å². The first-order valence-corrected chi connectivity index (χ1v) is 6.74. The highest BCUT2D eigenvalue weighted by molar-refractivity contribution is 5.88. The molecule has 114 valence electrons. The van der Waals surface area contributed by atoms with Gasteiger partial charge in [-0.1, -0.05) is 25.1 Å². The zero-order valence-corrected chi connectivity index (χ0v) is 11.8. The third kappa shape index (κ3) is 3.09. The second kappa shape index (κ2) is 5.50. The van der Waals surface area contributed by atoms with Crippen LogP contribution in [-0.2, 0) is 22.4 Å². The van der Waals surface area contributed by atoms with Crippen LogP contribution in [0.3, 0.4) is 0 Å². The number of fused-ring (bicyclic) bond motifs is 1. The van der Waals surface area contributed by atoms with Crippen LogP contribution in [-0.4, -0.2) is 23.9 Å². The first kappa shape index (κ1) is 15.5. The molecule has 0 heterocycles. The van der Waals surface area contributed by atoms with Gasteiger partial charge in [-0.25, -0.2) is 0 Å². The van der Waals surface area contributed by atoms with Crippen LogP contribution < -0.4 is 5.32 Å². The fraction of sp³-hybridized carbons (Fsp3) is 0.467. The smallest absolute Gasteiger partial charge is 0.344 e. The van der Waals surface area contributed by atoms with Crippen LogP contribution in [0.15, 0.2) is 18.2 Å². The maximum atomic E-state index is 12.4. The Balaban J connectivity index is 2.30. The van der Waals surface area contributed by atoms with E-state index in [9.17, 15) is 22.8 Å². The van der Waals surface area contributed by atoms with E-state index in [1.807, 2.05) is 30.4 Å². The van der Waals surface area contributed by atoms with Gasteiger partial charge in [-0.2, -0.15) is 13.2 Å². The number of ketones is 1. The summed E-state index contributed by atoms with van der Waals surface area (Å²) < 4.78 is 37.1. The summed E-state index contributed by atoms with van der Waals surface area (Å²) in [5.74, 6) is -2.95. The molecule has 2 rings (SSSR count). The van der Waals surface area contributed by atoms with Gasteiger partial charge in [-0.3, -0.25) is 9.59 Å². The number of aryl methyl sites for hydroxylation is 1. The molecule has 3 nitrogen and oxygen atoms in total. The number of rotatable bonds is 3. The number of benzene rings is 1. The molecule has 1 aromatic rings. The van der Waals surface area contributed by atoms with Gasteiger partial charge in [-0.15, -0.1) is 0 Å². The number of alkyl halides is 3. The Kier molecular flexibility index (Phi) is 4.07. The molecule has 0 bridgehead atoms. The van der Waals surface area contributed by atoms with Gasteiger partial charge >= 0.3 is 12.1 Å². The standard InChI is InChI=1S/C15H16F3NO2/c1-3-9-4-5-10-7-12(19-14(21)15(16,17)18)13(8(2)20)11(10)6-9/h4-6,12-13H,3,7H2,1-2H3,(H,19,21). The van der Waals surface area contributed by atoms with Crippen molar-refractivity contribution in [3.8, 4) is 0 Å². The quantitative estimate of drug-likeness (QED) is 0.932. The van der Waals surface area contributed by atoms with Gasteiger partial charge in [0.1, 0.15) is 5.78 Å². The summed E-state index contributed by atoms with van der Waals surface area (Å²) in [6.07, 6.45) is -3.92. The summed E-state index contributed by atoms with van der Waals surface area (Å²) in [5, 5.41) is 1.95. The molecule has 1 aliphatic rings. The zero-order valence-electron chi connectivity index (χ0n) is 11.8. The maximum Gasteiger partial charge on any atom is 0.471 e. The van der Waals surface area contributed by atoms with Crippen molar-refractivity contribution < 1.29 is 22.8 Å². The lowest BCUT2D eigenvalue weighted by Crippen LogP contribution is -2.46. The van der Waals surface area contributed by atoms with Crippen LogP contribution in [0.5, 0.6) is 0 Å². The third-order valence-corrected chi connectivity index (χ3v) is 3.81. The van der Waals surface area contributed by atoms with Gasteiger partial charge in [0.2, 0.25) is 0 Å². The number of hydrogen-bond acceptors (Lipinski definition) is 2. The largest absolute Gasteiger partial charge is 0.471 e. The third-order valence-electron chi connectivity index (χ3n) is 3.81. The van der Waals surface area contributed by atoms with Gasteiger partial charge in [0.15, 0.2) is 0 Å². The predicted molar refractivity (Wildman–Crippen MR) is 70.9 cm³/mol. The van der Waals surface area contributed by atoms with E-state index < -0.39 is 24.0 Å². The first-order valence-electron chi connectivity index (χ1n) is 6.74. The molecule has 0 spiro atoms. The molecular weight excluding hydrogens is 283 g/mol. The second-order valence-electron chi connectivity index (χ2n) is 5.26. The fourth-order valence-electron chi connectivity index (χ4n) is 2.80. The molecule has 0 aromatic heterocycles.